The van der Waals surface area contributed by atoms with Crippen molar-refractivity contribution in [1.29, 1.82) is 0 Å². The van der Waals surface area contributed by atoms with E-state index in [1.165, 1.54) is 5.56 Å². The Morgan fingerprint density at radius 3 is 2.32 bits per heavy atom. The number of tetrazole rings is 1. The van der Waals surface area contributed by atoms with Gasteiger partial charge in [0, 0.05) is 13.1 Å². The van der Waals surface area contributed by atoms with Crippen LogP contribution in [0.2, 0.25) is 0 Å². The molecule has 2 aromatic rings. The molecule has 3 N–H and O–H groups in total. The van der Waals surface area contributed by atoms with E-state index in [0.29, 0.717) is 13.1 Å². The molecule has 0 radical (unpaired) electrons. The summed E-state index contributed by atoms with van der Waals surface area (Å²) in [6.45, 7) is 14.4. The lowest BCUT2D eigenvalue weighted by Gasteiger charge is -2.34. The zero-order valence-electron chi connectivity index (χ0n) is 16.4. The third-order valence-electron chi connectivity index (χ3n) is 4.19. The zero-order chi connectivity index (χ0) is 18.7. The van der Waals surface area contributed by atoms with E-state index >= 15 is 0 Å². The van der Waals surface area contributed by atoms with Gasteiger partial charge in [0.05, 0.1) is 11.6 Å². The molecule has 2 rings (SSSR count). The second-order valence-corrected chi connectivity index (χ2v) is 8.59. The lowest BCUT2D eigenvalue weighted by molar-refractivity contribution is 0.188. The van der Waals surface area contributed by atoms with Crippen LogP contribution in [0.5, 0.6) is 0 Å². The predicted octanol–water partition coefficient (Wildman–Crippen LogP) is 2.79. The van der Waals surface area contributed by atoms with E-state index in [-0.39, 0.29) is 17.0 Å². The number of nitrogens with two attached hydrogens (primary N) is 1. The summed E-state index contributed by atoms with van der Waals surface area (Å²) in [6, 6.07) is 8.39. The van der Waals surface area contributed by atoms with Crippen LogP contribution in [0.25, 0.3) is 0 Å². The fourth-order valence-corrected chi connectivity index (χ4v) is 3.52. The van der Waals surface area contributed by atoms with Gasteiger partial charge in [-0.2, -0.15) is 0 Å². The van der Waals surface area contributed by atoms with Crippen molar-refractivity contribution in [2.45, 2.75) is 59.5 Å². The van der Waals surface area contributed by atoms with Crippen LogP contribution in [0.1, 0.15) is 64.0 Å². The van der Waals surface area contributed by atoms with Crippen LogP contribution >= 0.6 is 0 Å². The highest BCUT2D eigenvalue weighted by Gasteiger charge is 2.33. The molecule has 0 bridgehead atoms. The van der Waals surface area contributed by atoms with Crippen molar-refractivity contribution in [3.63, 3.8) is 0 Å². The molecule has 0 aliphatic heterocycles. The summed E-state index contributed by atoms with van der Waals surface area (Å²) in [5, 5.41) is 16.2. The van der Waals surface area contributed by atoms with Crippen molar-refractivity contribution < 1.29 is 0 Å². The lowest BCUT2D eigenvalue weighted by atomic mass is 9.81. The molecular formula is C19H32N6. The van der Waals surface area contributed by atoms with Gasteiger partial charge in [-0.05, 0) is 48.6 Å². The topological polar surface area (TPSA) is 81.7 Å². The Morgan fingerprint density at radius 1 is 1.12 bits per heavy atom. The number of aryl methyl sites for hydroxylation is 1. The first-order chi connectivity index (χ1) is 11.6. The van der Waals surface area contributed by atoms with E-state index in [1.807, 2.05) is 4.68 Å². The molecule has 0 saturated heterocycles. The quantitative estimate of drug-likeness (QED) is 0.807. The summed E-state index contributed by atoms with van der Waals surface area (Å²) in [5.41, 5.74) is 8.08. The minimum atomic E-state index is -0.190. The minimum absolute atomic E-state index is 0.0848. The maximum absolute atomic E-state index is 5.72. The summed E-state index contributed by atoms with van der Waals surface area (Å²) in [7, 11) is 0. The van der Waals surface area contributed by atoms with Crippen LogP contribution in [-0.2, 0) is 5.54 Å². The summed E-state index contributed by atoms with van der Waals surface area (Å²) in [4.78, 5) is 0. The van der Waals surface area contributed by atoms with Crippen LogP contribution in [0, 0.1) is 12.3 Å². The molecule has 6 nitrogen and oxygen atoms in total. The first kappa shape index (κ1) is 19.5. The summed E-state index contributed by atoms with van der Waals surface area (Å²) < 4.78 is 1.96. The minimum Gasteiger partial charge on any atom is -0.329 e. The second-order valence-electron chi connectivity index (χ2n) is 8.59. The molecule has 0 saturated carbocycles. The SMILES string of the molecule is Cc1ccc(C(NCCN)c2nnnn2C(C)(C)CC(C)(C)C)cc1. The molecule has 0 spiro atoms. The molecule has 1 aromatic carbocycles. The fourth-order valence-electron chi connectivity index (χ4n) is 3.52. The van der Waals surface area contributed by atoms with Gasteiger partial charge in [0.2, 0.25) is 0 Å². The van der Waals surface area contributed by atoms with Gasteiger partial charge >= 0.3 is 0 Å². The molecule has 1 atom stereocenters. The Morgan fingerprint density at radius 2 is 1.76 bits per heavy atom. The zero-order valence-corrected chi connectivity index (χ0v) is 16.4. The summed E-state index contributed by atoms with van der Waals surface area (Å²) in [5.74, 6) is 0.826. The van der Waals surface area contributed by atoms with Gasteiger partial charge in [-0.1, -0.05) is 50.6 Å². The molecule has 6 heteroatoms. The normalized spacial score (nSPS) is 13.9. The average molecular weight is 345 g/mol. The van der Waals surface area contributed by atoms with Crippen molar-refractivity contribution in [3.05, 3.63) is 41.2 Å². The molecule has 0 aliphatic carbocycles. The Balaban J connectivity index is 2.42. The van der Waals surface area contributed by atoms with E-state index in [2.05, 4.69) is 86.7 Å². The number of nitrogens with one attached hydrogen (secondary N) is 1. The monoisotopic (exact) mass is 344 g/mol. The van der Waals surface area contributed by atoms with Crippen LogP contribution < -0.4 is 11.1 Å². The molecule has 25 heavy (non-hydrogen) atoms. The Bertz CT molecular complexity index is 666. The predicted molar refractivity (Wildman–Crippen MR) is 101 cm³/mol. The van der Waals surface area contributed by atoms with E-state index in [1.54, 1.807) is 0 Å². The molecule has 0 amide bonds. The first-order valence-corrected chi connectivity index (χ1v) is 8.93. The van der Waals surface area contributed by atoms with E-state index < -0.39 is 0 Å². The van der Waals surface area contributed by atoms with Gasteiger partial charge < -0.3 is 11.1 Å². The molecule has 0 fully saturated rings. The van der Waals surface area contributed by atoms with Gasteiger partial charge in [0.15, 0.2) is 5.82 Å². The van der Waals surface area contributed by atoms with Crippen molar-refractivity contribution in [2.24, 2.45) is 11.1 Å². The van der Waals surface area contributed by atoms with Crippen molar-refractivity contribution in [2.75, 3.05) is 13.1 Å². The highest BCUT2D eigenvalue weighted by Crippen LogP contribution is 2.33. The van der Waals surface area contributed by atoms with Crippen molar-refractivity contribution in [1.82, 2.24) is 25.5 Å². The van der Waals surface area contributed by atoms with Crippen LogP contribution in [0.15, 0.2) is 24.3 Å². The molecule has 1 heterocycles. The second kappa shape index (κ2) is 7.62. The van der Waals surface area contributed by atoms with Gasteiger partial charge in [0.1, 0.15) is 0 Å². The van der Waals surface area contributed by atoms with E-state index in [9.17, 15) is 0 Å². The number of hydrogen-bond donors (Lipinski definition) is 2. The van der Waals surface area contributed by atoms with Crippen LogP contribution in [0.3, 0.4) is 0 Å². The van der Waals surface area contributed by atoms with Gasteiger partial charge in [-0.15, -0.1) is 5.10 Å². The van der Waals surface area contributed by atoms with Crippen LogP contribution in [0.4, 0.5) is 0 Å². The summed E-state index contributed by atoms with van der Waals surface area (Å²) >= 11 is 0. The van der Waals surface area contributed by atoms with E-state index in [4.69, 9.17) is 5.73 Å². The number of benzene rings is 1. The standard InChI is InChI=1S/C19H32N6/c1-14-7-9-15(10-8-14)16(21-12-11-20)17-22-23-24-25(17)19(5,6)13-18(2,3)4/h7-10,16,21H,11-13,20H2,1-6H3. The van der Waals surface area contributed by atoms with Crippen molar-refractivity contribution in [3.8, 4) is 0 Å². The van der Waals surface area contributed by atoms with Gasteiger partial charge in [0.25, 0.3) is 0 Å². The molecule has 138 valence electrons. The third-order valence-corrected chi connectivity index (χ3v) is 4.19. The van der Waals surface area contributed by atoms with Crippen molar-refractivity contribution >= 4 is 0 Å². The number of aromatic nitrogens is 4. The largest absolute Gasteiger partial charge is 0.329 e. The Hall–Kier alpha value is -1.79. The first-order valence-electron chi connectivity index (χ1n) is 8.93. The number of hydrogen-bond acceptors (Lipinski definition) is 5. The number of rotatable bonds is 7. The third kappa shape index (κ3) is 5.09. The highest BCUT2D eigenvalue weighted by molar-refractivity contribution is 5.28. The highest BCUT2D eigenvalue weighted by atomic mass is 15.6. The molecule has 1 unspecified atom stereocenters. The lowest BCUT2D eigenvalue weighted by Crippen LogP contribution is -2.37. The van der Waals surface area contributed by atoms with Crippen LogP contribution in [-0.4, -0.2) is 33.3 Å². The van der Waals surface area contributed by atoms with Gasteiger partial charge in [-0.25, -0.2) is 4.68 Å². The van der Waals surface area contributed by atoms with Gasteiger partial charge in [-0.3, -0.25) is 0 Å². The van der Waals surface area contributed by atoms with E-state index in [0.717, 1.165) is 17.8 Å². The molecule has 1 aromatic heterocycles. The Kier molecular flexibility index (Phi) is 5.95. The fraction of sp³-hybridized carbons (Fsp3) is 0.632. The average Bonchev–Trinajstić information content (AvgIpc) is 2.97. The molecular weight excluding hydrogens is 312 g/mol. The smallest absolute Gasteiger partial charge is 0.173 e. The summed E-state index contributed by atoms with van der Waals surface area (Å²) in [6.07, 6.45) is 0.968. The number of nitrogens with zero attached hydrogens (tertiary/aromatic N) is 4. The molecule has 0 aliphatic rings. The Labute approximate surface area is 151 Å². The maximum atomic E-state index is 5.72. The maximum Gasteiger partial charge on any atom is 0.173 e.